The molecule has 130 valence electrons. The fourth-order valence-electron chi connectivity index (χ4n) is 3.34. The number of ether oxygens (including phenoxy) is 2. The molecule has 0 bridgehead atoms. The number of methoxy groups -OCH3 is 1. The van der Waals surface area contributed by atoms with Gasteiger partial charge in [-0.2, -0.15) is 4.98 Å². The van der Waals surface area contributed by atoms with Gasteiger partial charge in [-0.1, -0.05) is 0 Å². The summed E-state index contributed by atoms with van der Waals surface area (Å²) in [6.07, 6.45) is 5.74. The number of carbonyl (C=O) groups is 2. The second kappa shape index (κ2) is 7.59. The molecule has 7 nitrogen and oxygen atoms in total. The van der Waals surface area contributed by atoms with Crippen molar-refractivity contribution in [2.75, 3.05) is 20.2 Å². The van der Waals surface area contributed by atoms with Crippen LogP contribution in [0.2, 0.25) is 0 Å². The van der Waals surface area contributed by atoms with Gasteiger partial charge in [0.1, 0.15) is 11.9 Å². The number of Topliss-reactive ketones (excluding diaryl/α,β-unsaturated/α-hetero) is 1. The van der Waals surface area contributed by atoms with Gasteiger partial charge in [-0.15, -0.1) is 0 Å². The van der Waals surface area contributed by atoms with E-state index >= 15 is 0 Å². The number of piperidine rings is 1. The Labute approximate surface area is 141 Å². The lowest BCUT2D eigenvalue weighted by Crippen LogP contribution is -2.47. The minimum atomic E-state index is -0.0764. The highest BCUT2D eigenvalue weighted by molar-refractivity contribution is 5.84. The minimum absolute atomic E-state index is 0.0133. The number of aromatic nitrogens is 2. The maximum absolute atomic E-state index is 12.7. The van der Waals surface area contributed by atoms with Crippen molar-refractivity contribution in [3.05, 3.63) is 12.3 Å². The summed E-state index contributed by atoms with van der Waals surface area (Å²) < 4.78 is 10.9. The first kappa shape index (κ1) is 16.7. The highest BCUT2D eigenvalue weighted by atomic mass is 16.5. The zero-order chi connectivity index (χ0) is 16.9. The highest BCUT2D eigenvalue weighted by Crippen LogP contribution is 2.26. The molecule has 1 atom stereocenters. The first-order chi connectivity index (χ1) is 11.7. The van der Waals surface area contributed by atoms with Crippen molar-refractivity contribution in [2.24, 2.45) is 5.92 Å². The lowest BCUT2D eigenvalue weighted by molar-refractivity contribution is -0.140. The number of ketones is 1. The highest BCUT2D eigenvalue weighted by Gasteiger charge is 2.32. The number of rotatable bonds is 4. The number of likely N-dealkylation sites (tertiary alicyclic amines) is 1. The summed E-state index contributed by atoms with van der Waals surface area (Å²) in [4.78, 5) is 34.0. The number of nitrogens with zero attached hydrogens (tertiary/aromatic N) is 3. The van der Waals surface area contributed by atoms with Crippen molar-refractivity contribution < 1.29 is 19.1 Å². The van der Waals surface area contributed by atoms with Gasteiger partial charge in [0.15, 0.2) is 0 Å². The van der Waals surface area contributed by atoms with E-state index in [9.17, 15) is 9.59 Å². The van der Waals surface area contributed by atoms with E-state index in [1.54, 1.807) is 12.3 Å². The van der Waals surface area contributed by atoms with E-state index < -0.39 is 0 Å². The van der Waals surface area contributed by atoms with Gasteiger partial charge in [-0.05, 0) is 25.7 Å². The maximum Gasteiger partial charge on any atom is 0.319 e. The van der Waals surface area contributed by atoms with Crippen LogP contribution in [-0.2, 0) is 9.59 Å². The first-order valence-corrected chi connectivity index (χ1v) is 8.50. The largest absolute Gasteiger partial charge is 0.472 e. The van der Waals surface area contributed by atoms with Crippen molar-refractivity contribution in [1.82, 2.24) is 14.9 Å². The predicted molar refractivity (Wildman–Crippen MR) is 85.8 cm³/mol. The average Bonchev–Trinajstić information content (AvgIpc) is 2.62. The van der Waals surface area contributed by atoms with E-state index in [-0.39, 0.29) is 29.7 Å². The molecule has 1 aliphatic carbocycles. The third kappa shape index (κ3) is 4.01. The molecule has 3 rings (SSSR count). The Morgan fingerprint density at radius 2 is 2.08 bits per heavy atom. The Hall–Kier alpha value is -2.18. The Morgan fingerprint density at radius 1 is 1.29 bits per heavy atom. The monoisotopic (exact) mass is 333 g/mol. The summed E-state index contributed by atoms with van der Waals surface area (Å²) in [6.45, 7) is 1.33. The molecular weight excluding hydrogens is 310 g/mol. The smallest absolute Gasteiger partial charge is 0.319 e. The normalized spacial score (nSPS) is 22.3. The molecule has 1 saturated heterocycles. The van der Waals surface area contributed by atoms with Gasteiger partial charge in [0.2, 0.25) is 11.8 Å². The Kier molecular flexibility index (Phi) is 5.27. The summed E-state index contributed by atoms with van der Waals surface area (Å²) in [5.74, 6) is 0.887. The van der Waals surface area contributed by atoms with Gasteiger partial charge in [0.25, 0.3) is 0 Å². The van der Waals surface area contributed by atoms with Crippen molar-refractivity contribution in [2.45, 2.75) is 44.6 Å². The molecule has 1 aromatic heterocycles. The van der Waals surface area contributed by atoms with Crippen LogP contribution in [0, 0.1) is 5.92 Å². The van der Waals surface area contributed by atoms with Crippen LogP contribution in [0.15, 0.2) is 12.3 Å². The summed E-state index contributed by atoms with van der Waals surface area (Å²) in [7, 11) is 1.51. The van der Waals surface area contributed by atoms with Crippen LogP contribution in [0.1, 0.15) is 38.5 Å². The van der Waals surface area contributed by atoms with Crippen LogP contribution in [-0.4, -0.2) is 52.9 Å². The molecule has 1 unspecified atom stereocenters. The Bertz CT molecular complexity index is 597. The molecule has 24 heavy (non-hydrogen) atoms. The van der Waals surface area contributed by atoms with Crippen molar-refractivity contribution in [1.29, 1.82) is 0 Å². The molecule has 1 aliphatic heterocycles. The van der Waals surface area contributed by atoms with Gasteiger partial charge >= 0.3 is 6.01 Å². The van der Waals surface area contributed by atoms with E-state index in [0.29, 0.717) is 38.1 Å². The fraction of sp³-hybridized carbons (Fsp3) is 0.647. The number of hydrogen-bond acceptors (Lipinski definition) is 6. The summed E-state index contributed by atoms with van der Waals surface area (Å²) >= 11 is 0. The molecule has 0 N–H and O–H groups in total. The third-order valence-corrected chi connectivity index (χ3v) is 4.66. The molecule has 0 aromatic carbocycles. The summed E-state index contributed by atoms with van der Waals surface area (Å²) in [5.41, 5.74) is 0. The van der Waals surface area contributed by atoms with Crippen molar-refractivity contribution >= 4 is 11.7 Å². The summed E-state index contributed by atoms with van der Waals surface area (Å²) in [5, 5.41) is 0. The standard InChI is InChI=1S/C17H23N3O4/c1-23-17-18-9-8-15(19-17)24-14-3-2-10-20(11-14)16(22)12-4-6-13(21)7-5-12/h8-9,12,14H,2-7,10-11H2,1H3. The van der Waals surface area contributed by atoms with Gasteiger partial charge in [0.05, 0.1) is 13.7 Å². The van der Waals surface area contributed by atoms with Crippen LogP contribution in [0.4, 0.5) is 0 Å². The molecule has 0 radical (unpaired) electrons. The second-order valence-electron chi connectivity index (χ2n) is 6.36. The second-order valence-corrected chi connectivity index (χ2v) is 6.36. The fourth-order valence-corrected chi connectivity index (χ4v) is 3.34. The molecule has 1 saturated carbocycles. The minimum Gasteiger partial charge on any atom is -0.472 e. The van der Waals surface area contributed by atoms with Gasteiger partial charge < -0.3 is 14.4 Å². The van der Waals surface area contributed by atoms with Crippen molar-refractivity contribution in [3.8, 4) is 11.9 Å². The molecule has 1 amide bonds. The van der Waals surface area contributed by atoms with Crippen molar-refractivity contribution in [3.63, 3.8) is 0 Å². The van der Waals surface area contributed by atoms with E-state index in [4.69, 9.17) is 9.47 Å². The average molecular weight is 333 g/mol. The molecular formula is C17H23N3O4. The third-order valence-electron chi connectivity index (χ3n) is 4.66. The lowest BCUT2D eigenvalue weighted by atomic mass is 9.87. The van der Waals surface area contributed by atoms with Crippen LogP contribution in [0.3, 0.4) is 0 Å². The Morgan fingerprint density at radius 3 is 2.83 bits per heavy atom. The SMILES string of the molecule is COc1nccc(OC2CCCN(C(=O)C3CCC(=O)CC3)C2)n1. The number of hydrogen-bond donors (Lipinski definition) is 0. The predicted octanol–water partition coefficient (Wildman–Crippen LogP) is 1.61. The molecule has 0 spiro atoms. The first-order valence-electron chi connectivity index (χ1n) is 8.50. The van der Waals surface area contributed by atoms with Crippen LogP contribution >= 0.6 is 0 Å². The van der Waals surface area contributed by atoms with Crippen LogP contribution in [0.25, 0.3) is 0 Å². The zero-order valence-electron chi connectivity index (χ0n) is 13.9. The lowest BCUT2D eigenvalue weighted by Gasteiger charge is -2.35. The molecule has 2 heterocycles. The van der Waals surface area contributed by atoms with Gasteiger partial charge in [-0.3, -0.25) is 9.59 Å². The van der Waals surface area contributed by atoms with E-state index in [1.807, 2.05) is 4.90 Å². The molecule has 2 aliphatic rings. The van der Waals surface area contributed by atoms with E-state index in [0.717, 1.165) is 19.4 Å². The van der Waals surface area contributed by atoms with Crippen LogP contribution in [0.5, 0.6) is 11.9 Å². The van der Waals surface area contributed by atoms with Gasteiger partial charge in [-0.25, -0.2) is 4.98 Å². The zero-order valence-corrected chi connectivity index (χ0v) is 13.9. The van der Waals surface area contributed by atoms with E-state index in [1.165, 1.54) is 7.11 Å². The molecule has 1 aromatic rings. The number of amides is 1. The quantitative estimate of drug-likeness (QED) is 0.833. The Balaban J connectivity index is 1.57. The summed E-state index contributed by atoms with van der Waals surface area (Å²) in [6, 6.07) is 1.96. The van der Waals surface area contributed by atoms with Gasteiger partial charge in [0, 0.05) is 37.6 Å². The van der Waals surface area contributed by atoms with E-state index in [2.05, 4.69) is 9.97 Å². The maximum atomic E-state index is 12.7. The van der Waals surface area contributed by atoms with Crippen LogP contribution < -0.4 is 9.47 Å². The molecule has 2 fully saturated rings. The molecule has 7 heteroatoms. The number of carbonyl (C=O) groups excluding carboxylic acids is 2. The topological polar surface area (TPSA) is 81.6 Å².